The third kappa shape index (κ3) is 15.6. The van der Waals surface area contributed by atoms with Crippen molar-refractivity contribution >= 4 is 24.4 Å². The number of rotatable bonds is 10. The van der Waals surface area contributed by atoms with E-state index in [2.05, 4.69) is 46.3 Å². The first-order valence-electron chi connectivity index (χ1n) is 15.0. The zero-order valence-corrected chi connectivity index (χ0v) is 28.6. The number of allylic oxidation sites excluding steroid dienone is 4. The summed E-state index contributed by atoms with van der Waals surface area (Å²) >= 11 is 0. The molecule has 0 heterocycles. The van der Waals surface area contributed by atoms with Gasteiger partial charge < -0.3 is 10.0 Å². The number of carbonyl (C=O) groups excluding carboxylic acids is 1. The molecule has 0 aliphatic heterocycles. The van der Waals surface area contributed by atoms with E-state index in [0.29, 0.717) is 23.1 Å². The molecule has 1 amide bonds. The zero-order chi connectivity index (χ0) is 32.3. The normalized spacial score (nSPS) is 19.0. The molecule has 9 heteroatoms. The van der Waals surface area contributed by atoms with Crippen LogP contribution in [0.2, 0.25) is 0 Å². The maximum Gasteiger partial charge on any atom is 0.269 e. The van der Waals surface area contributed by atoms with Crippen LogP contribution in [0, 0.1) is 10.8 Å². The summed E-state index contributed by atoms with van der Waals surface area (Å²) in [6.07, 6.45) is 15.8. The van der Waals surface area contributed by atoms with Crippen molar-refractivity contribution in [3.8, 4) is 0 Å². The van der Waals surface area contributed by atoms with Crippen molar-refractivity contribution in [3.05, 3.63) is 77.3 Å². The number of hydrogen-bond acceptors (Lipinski definition) is 4. The summed E-state index contributed by atoms with van der Waals surface area (Å²) in [5.74, 6) is 0.496. The first kappa shape index (κ1) is 40.2. The predicted molar refractivity (Wildman–Crippen MR) is 181 cm³/mol. The summed E-state index contributed by atoms with van der Waals surface area (Å²) in [5, 5.41) is 10.3. The zero-order valence-electron chi connectivity index (χ0n) is 26.3. The van der Waals surface area contributed by atoms with Gasteiger partial charge in [0.15, 0.2) is 0 Å². The van der Waals surface area contributed by atoms with E-state index in [1.54, 1.807) is 53.4 Å². The number of benzene rings is 1. The minimum absolute atomic E-state index is 0.0241. The quantitative estimate of drug-likeness (QED) is 0.160. The van der Waals surface area contributed by atoms with Gasteiger partial charge in [-0.1, -0.05) is 91.0 Å². The lowest BCUT2D eigenvalue weighted by Crippen LogP contribution is -2.44. The highest BCUT2D eigenvalue weighted by atomic mass is 31.0. The van der Waals surface area contributed by atoms with E-state index in [9.17, 15) is 13.6 Å². The topological polar surface area (TPSA) is 70.0 Å². The highest BCUT2D eigenvalue weighted by Crippen LogP contribution is 2.43. The van der Waals surface area contributed by atoms with Crippen LogP contribution in [0.5, 0.6) is 0 Å². The Bertz CT molecular complexity index is 948. The molecule has 3 rings (SSSR count). The van der Waals surface area contributed by atoms with Crippen LogP contribution in [0.15, 0.2) is 66.4 Å². The number of halogens is 2. The molecule has 3 unspecified atom stereocenters. The van der Waals surface area contributed by atoms with Crippen LogP contribution in [0.3, 0.4) is 0 Å². The van der Waals surface area contributed by atoms with Crippen LogP contribution in [-0.4, -0.2) is 46.8 Å². The van der Waals surface area contributed by atoms with Gasteiger partial charge in [-0.3, -0.25) is 4.79 Å². The van der Waals surface area contributed by atoms with Crippen LogP contribution in [0.4, 0.5) is 8.78 Å². The maximum atomic E-state index is 13.6. The summed E-state index contributed by atoms with van der Waals surface area (Å²) in [4.78, 5) is 23.9. The second-order valence-corrected chi connectivity index (χ2v) is 12.4. The van der Waals surface area contributed by atoms with Crippen LogP contribution in [0.1, 0.15) is 107 Å². The molecular formula is C33H54F2N2O3P2. The fourth-order valence-corrected chi connectivity index (χ4v) is 5.15. The molecule has 5 nitrogen and oxygen atoms in total. The SMILES string of the molecule is C=C/C=C(\C=C)C1CCC(N(C(=O)c2ccc(C(P)C(F)(F)P)cc2)C2CC2)CC1.CC(C)O.CCCCC.CN=O. The number of carbonyl (C=O) groups is 1. The minimum atomic E-state index is -2.90. The summed E-state index contributed by atoms with van der Waals surface area (Å²) in [5.41, 5.74) is -1.60. The van der Waals surface area contributed by atoms with Crippen LogP contribution in [0.25, 0.3) is 0 Å². The first-order valence-corrected chi connectivity index (χ1v) is 16.3. The molecule has 1 aromatic carbocycles. The Kier molecular flexibility index (Phi) is 20.9. The molecule has 3 atom stereocenters. The lowest BCUT2D eigenvalue weighted by molar-refractivity contribution is 0.0598. The molecule has 0 spiro atoms. The average molecular weight is 627 g/mol. The van der Waals surface area contributed by atoms with E-state index in [0.717, 1.165) is 38.5 Å². The van der Waals surface area contributed by atoms with Crippen molar-refractivity contribution in [1.82, 2.24) is 4.90 Å². The average Bonchev–Trinajstić information content (AvgIpc) is 3.78. The Morgan fingerprint density at radius 2 is 1.50 bits per heavy atom. The van der Waals surface area contributed by atoms with Gasteiger partial charge in [0.05, 0.1) is 12.7 Å². The monoisotopic (exact) mass is 626 g/mol. The number of nitrogens with zero attached hydrogens (tertiary/aromatic N) is 2. The molecule has 1 aromatic rings. The molecule has 2 aliphatic rings. The van der Waals surface area contributed by atoms with Gasteiger partial charge in [-0.25, -0.2) is 8.78 Å². The predicted octanol–water partition coefficient (Wildman–Crippen LogP) is 9.50. The molecule has 238 valence electrons. The highest BCUT2D eigenvalue weighted by Gasteiger charge is 2.39. The van der Waals surface area contributed by atoms with Crippen molar-refractivity contribution in [2.75, 3.05) is 7.05 Å². The second-order valence-electron chi connectivity index (χ2n) is 11.0. The Morgan fingerprint density at radius 1 is 1.07 bits per heavy atom. The number of amides is 1. The van der Waals surface area contributed by atoms with Gasteiger partial charge >= 0.3 is 0 Å². The number of nitroso groups, excluding NO2 is 1. The van der Waals surface area contributed by atoms with E-state index in [4.69, 9.17) is 10.0 Å². The molecule has 0 aromatic heterocycles. The lowest BCUT2D eigenvalue weighted by atomic mass is 9.80. The molecule has 0 radical (unpaired) electrons. The second kappa shape index (κ2) is 21.8. The smallest absolute Gasteiger partial charge is 0.269 e. The molecule has 0 bridgehead atoms. The molecule has 1 N–H and O–H groups in total. The number of alkyl halides is 2. The van der Waals surface area contributed by atoms with Crippen LogP contribution >= 0.6 is 18.5 Å². The Hall–Kier alpha value is -1.81. The van der Waals surface area contributed by atoms with Crippen LogP contribution < -0.4 is 0 Å². The largest absolute Gasteiger partial charge is 0.394 e. The third-order valence-corrected chi connectivity index (χ3v) is 8.49. The van der Waals surface area contributed by atoms with Gasteiger partial charge in [-0.2, -0.15) is 4.91 Å². The lowest BCUT2D eigenvalue weighted by Gasteiger charge is -2.37. The first-order chi connectivity index (χ1) is 19.8. The number of aliphatic hydroxyl groups is 1. The van der Waals surface area contributed by atoms with Gasteiger partial charge in [-0.15, -0.1) is 9.24 Å². The van der Waals surface area contributed by atoms with E-state index >= 15 is 0 Å². The standard InChI is InChI=1S/C24H31F2NOP2.C5H12.C3H8O.CH3NO/c1-3-5-16(4-2)17-10-12-20(13-11-17)27(21-14-15-21)23(28)19-8-6-18(7-9-19)22(29)24(25,26)30;1-3-5-4-2;1-3(2)4;1-2-3/h3-9,17,20-22H,1-2,10-15,29-30H2;3-5H2,1-2H3;3-4H,1-2H3;1H3/b16-5+;;;. The minimum Gasteiger partial charge on any atom is -0.394 e. The van der Waals surface area contributed by atoms with Crippen LogP contribution in [-0.2, 0) is 0 Å². The van der Waals surface area contributed by atoms with Crippen molar-refractivity contribution in [1.29, 1.82) is 0 Å². The van der Waals surface area contributed by atoms with E-state index < -0.39 is 11.3 Å². The molecular weight excluding hydrogens is 572 g/mol. The van der Waals surface area contributed by atoms with E-state index in [1.807, 2.05) is 12.2 Å². The van der Waals surface area contributed by atoms with Gasteiger partial charge in [-0.05, 0) is 81.6 Å². The molecule has 2 aliphatic carbocycles. The third-order valence-electron chi connectivity index (χ3n) is 6.92. The van der Waals surface area contributed by atoms with Gasteiger partial charge in [0.1, 0.15) is 0 Å². The van der Waals surface area contributed by atoms with Gasteiger partial charge in [0.2, 0.25) is 0 Å². The Morgan fingerprint density at radius 3 is 1.81 bits per heavy atom. The summed E-state index contributed by atoms with van der Waals surface area (Å²) in [6.45, 7) is 15.6. The number of unbranched alkanes of at least 4 members (excludes halogenated alkanes) is 2. The van der Waals surface area contributed by atoms with Crippen molar-refractivity contribution in [2.45, 2.75) is 115 Å². The van der Waals surface area contributed by atoms with Gasteiger partial charge in [0.25, 0.3) is 11.6 Å². The highest BCUT2D eigenvalue weighted by molar-refractivity contribution is 7.23. The van der Waals surface area contributed by atoms with Crippen molar-refractivity contribution in [3.63, 3.8) is 0 Å². The fourth-order valence-electron chi connectivity index (χ4n) is 4.73. The van der Waals surface area contributed by atoms with Crippen molar-refractivity contribution < 1.29 is 18.7 Å². The summed E-state index contributed by atoms with van der Waals surface area (Å²) in [6, 6.07) is 7.21. The summed E-state index contributed by atoms with van der Waals surface area (Å²) in [7, 11) is 4.96. The molecule has 2 saturated carbocycles. The van der Waals surface area contributed by atoms with Gasteiger partial charge in [0, 0.05) is 23.8 Å². The molecule has 0 saturated heterocycles. The summed E-state index contributed by atoms with van der Waals surface area (Å²) < 4.78 is 27.1. The number of aliphatic hydroxyl groups excluding tert-OH is 1. The Labute approximate surface area is 258 Å². The maximum absolute atomic E-state index is 13.6. The van der Waals surface area contributed by atoms with E-state index in [1.165, 1.54) is 31.9 Å². The Balaban J connectivity index is 0.00000119. The fraction of sp³-hybridized carbons (Fsp3) is 0.606. The molecule has 2 fully saturated rings. The molecule has 42 heavy (non-hydrogen) atoms. The van der Waals surface area contributed by atoms with Crippen molar-refractivity contribution in [2.24, 2.45) is 11.1 Å². The van der Waals surface area contributed by atoms with E-state index in [-0.39, 0.29) is 18.1 Å². The number of hydrogen-bond donors (Lipinski definition) is 1.